The Bertz CT molecular complexity index is 804. The molecule has 8 heteroatoms. The van der Waals surface area contributed by atoms with E-state index < -0.39 is 64.0 Å². The van der Waals surface area contributed by atoms with Gasteiger partial charge in [-0.2, -0.15) is 0 Å². The van der Waals surface area contributed by atoms with Crippen LogP contribution in [0.25, 0.3) is 0 Å². The number of hydrogen-bond donors (Lipinski definition) is 3. The molecule has 0 aromatic carbocycles. The number of ketones is 2. The third kappa shape index (κ3) is 2.31. The van der Waals surface area contributed by atoms with Gasteiger partial charge in [-0.15, -0.1) is 11.6 Å². The molecule has 0 aromatic heterocycles. The zero-order valence-corrected chi connectivity index (χ0v) is 17.3. The summed E-state index contributed by atoms with van der Waals surface area (Å²) in [6.07, 6.45) is -3.94. The number of allylic oxidation sites excluding steroid dienone is 1. The van der Waals surface area contributed by atoms with Crippen molar-refractivity contribution in [2.75, 3.05) is 5.88 Å². The molecule has 0 bridgehead atoms. The van der Waals surface area contributed by atoms with Crippen LogP contribution in [0.1, 0.15) is 46.0 Å². The average Bonchev–Trinajstić information content (AvgIpc) is 2.86. The fourth-order valence-corrected chi connectivity index (χ4v) is 7.38. The molecule has 3 unspecified atom stereocenters. The molecule has 4 aliphatic rings. The maximum Gasteiger partial charge on any atom is 0.182 e. The van der Waals surface area contributed by atoms with Crippen molar-refractivity contribution >= 4 is 23.2 Å². The highest BCUT2D eigenvalue weighted by Crippen LogP contribution is 2.70. The van der Waals surface area contributed by atoms with Crippen LogP contribution in [0.5, 0.6) is 0 Å². The Morgan fingerprint density at radius 1 is 1.24 bits per heavy atom. The standard InChI is InChI=1S/C21H27ClF2O5/c1-18-4-3-10(25)5-13(18)14(23)6-12-11-7-15(26)21(29,17(28)9-22)19(11,2)8-16(27)20(12,18)24/h5,11-12,14-16,26-27,29H,3-4,6-9H2,1-2H3/t11-,12-,14?,15?,16?,18-,19-,20-,21-/m0/s1. The first kappa shape index (κ1) is 21.3. The number of aliphatic hydroxyl groups excluding tert-OH is 2. The van der Waals surface area contributed by atoms with Crippen molar-refractivity contribution in [3.63, 3.8) is 0 Å². The topological polar surface area (TPSA) is 94.8 Å². The molecule has 29 heavy (non-hydrogen) atoms. The largest absolute Gasteiger partial charge is 0.390 e. The molecule has 162 valence electrons. The van der Waals surface area contributed by atoms with E-state index in [2.05, 4.69) is 0 Å². The number of halogens is 3. The molecular weight excluding hydrogens is 406 g/mol. The van der Waals surface area contributed by atoms with E-state index >= 15 is 8.78 Å². The third-order valence-electron chi connectivity index (χ3n) is 8.79. The predicted octanol–water partition coefficient (Wildman–Crippen LogP) is 2.04. The highest BCUT2D eigenvalue weighted by atomic mass is 35.5. The second-order valence-electron chi connectivity index (χ2n) is 9.79. The van der Waals surface area contributed by atoms with Crippen molar-refractivity contribution in [2.24, 2.45) is 22.7 Å². The smallest absolute Gasteiger partial charge is 0.182 e. The van der Waals surface area contributed by atoms with E-state index in [0.29, 0.717) is 0 Å². The summed E-state index contributed by atoms with van der Waals surface area (Å²) in [5.74, 6) is -3.31. The SMILES string of the molecule is C[C@]12CCC(=O)C=C1C(F)C[C@H]1[C@@H]3CC(O)[C@](O)(C(=O)CCl)[C@@]3(C)CC(O)[C@@]12F. The van der Waals surface area contributed by atoms with Crippen molar-refractivity contribution in [3.05, 3.63) is 11.6 Å². The number of alkyl halides is 3. The first-order valence-corrected chi connectivity index (χ1v) is 10.7. The minimum atomic E-state index is -2.23. The molecular formula is C21H27ClF2O5. The molecule has 4 rings (SSSR count). The number of fused-ring (bicyclic) bond motifs is 5. The van der Waals surface area contributed by atoms with Gasteiger partial charge in [0.05, 0.1) is 18.1 Å². The Balaban J connectivity index is 1.86. The molecule has 3 saturated carbocycles. The van der Waals surface area contributed by atoms with Gasteiger partial charge in [0.1, 0.15) is 11.8 Å². The Morgan fingerprint density at radius 2 is 1.90 bits per heavy atom. The lowest BCUT2D eigenvalue weighted by Gasteiger charge is -2.63. The number of carbonyl (C=O) groups excluding carboxylic acids is 2. The minimum absolute atomic E-state index is 0.0665. The van der Waals surface area contributed by atoms with Gasteiger partial charge in [-0.3, -0.25) is 9.59 Å². The zero-order chi connectivity index (χ0) is 21.6. The molecule has 0 saturated heterocycles. The monoisotopic (exact) mass is 432 g/mol. The summed E-state index contributed by atoms with van der Waals surface area (Å²) in [6, 6.07) is 0. The quantitative estimate of drug-likeness (QED) is 0.580. The highest BCUT2D eigenvalue weighted by molar-refractivity contribution is 6.29. The van der Waals surface area contributed by atoms with Gasteiger partial charge in [-0.05, 0) is 43.3 Å². The molecule has 4 aliphatic carbocycles. The summed E-state index contributed by atoms with van der Waals surface area (Å²) in [5.41, 5.74) is -7.10. The van der Waals surface area contributed by atoms with E-state index in [-0.39, 0.29) is 43.5 Å². The third-order valence-corrected chi connectivity index (χ3v) is 9.03. The second-order valence-corrected chi connectivity index (χ2v) is 10.1. The maximum atomic E-state index is 16.9. The van der Waals surface area contributed by atoms with Gasteiger partial charge in [0, 0.05) is 23.2 Å². The Morgan fingerprint density at radius 3 is 2.52 bits per heavy atom. The average molecular weight is 433 g/mol. The summed E-state index contributed by atoms with van der Waals surface area (Å²) in [5, 5.41) is 32.9. The first-order chi connectivity index (χ1) is 13.4. The number of aliphatic hydroxyl groups is 3. The highest BCUT2D eigenvalue weighted by Gasteiger charge is 2.77. The van der Waals surface area contributed by atoms with Gasteiger partial charge < -0.3 is 15.3 Å². The number of Topliss-reactive ketones (excluding diaryl/α,β-unsaturated/α-hetero) is 1. The molecule has 3 fully saturated rings. The molecule has 0 aromatic rings. The van der Waals surface area contributed by atoms with Crippen LogP contribution >= 0.6 is 11.6 Å². The molecule has 5 nitrogen and oxygen atoms in total. The molecule has 0 spiro atoms. The van der Waals surface area contributed by atoms with Crippen molar-refractivity contribution in [1.82, 2.24) is 0 Å². The van der Waals surface area contributed by atoms with Gasteiger partial charge in [0.25, 0.3) is 0 Å². The van der Waals surface area contributed by atoms with Gasteiger partial charge in [0.2, 0.25) is 0 Å². The van der Waals surface area contributed by atoms with Crippen LogP contribution in [0.15, 0.2) is 11.6 Å². The lowest BCUT2D eigenvalue weighted by Crippen LogP contribution is -2.71. The summed E-state index contributed by atoms with van der Waals surface area (Å²) in [4.78, 5) is 24.4. The van der Waals surface area contributed by atoms with Gasteiger partial charge in [0.15, 0.2) is 17.2 Å². The van der Waals surface area contributed by atoms with Crippen LogP contribution in [-0.2, 0) is 9.59 Å². The Kier molecular flexibility index (Phi) is 4.65. The predicted molar refractivity (Wildman–Crippen MR) is 101 cm³/mol. The van der Waals surface area contributed by atoms with Crippen molar-refractivity contribution in [3.8, 4) is 0 Å². The van der Waals surface area contributed by atoms with Crippen LogP contribution in [0.3, 0.4) is 0 Å². The lowest BCUT2D eigenvalue weighted by atomic mass is 9.43. The number of rotatable bonds is 2. The molecule has 3 N–H and O–H groups in total. The van der Waals surface area contributed by atoms with Crippen LogP contribution in [0, 0.1) is 22.7 Å². The van der Waals surface area contributed by atoms with E-state index in [4.69, 9.17) is 11.6 Å². The summed E-state index contributed by atoms with van der Waals surface area (Å²) in [7, 11) is 0. The van der Waals surface area contributed by atoms with E-state index in [1.54, 1.807) is 13.8 Å². The van der Waals surface area contributed by atoms with Crippen LogP contribution in [0.2, 0.25) is 0 Å². The first-order valence-electron chi connectivity index (χ1n) is 10.1. The van der Waals surface area contributed by atoms with Crippen LogP contribution in [0.4, 0.5) is 8.78 Å². The van der Waals surface area contributed by atoms with Crippen molar-refractivity contribution in [2.45, 2.75) is 75.6 Å². The van der Waals surface area contributed by atoms with Gasteiger partial charge >= 0.3 is 0 Å². The Hall–Kier alpha value is -0.890. The molecule has 0 amide bonds. The number of carbonyl (C=O) groups is 2. The fourth-order valence-electron chi connectivity index (χ4n) is 7.18. The second kappa shape index (κ2) is 6.31. The van der Waals surface area contributed by atoms with Crippen molar-refractivity contribution in [1.29, 1.82) is 0 Å². The maximum absolute atomic E-state index is 16.9. The van der Waals surface area contributed by atoms with Gasteiger partial charge in [-0.1, -0.05) is 13.8 Å². The minimum Gasteiger partial charge on any atom is -0.390 e. The normalized spacial score (nSPS) is 54.3. The van der Waals surface area contributed by atoms with Gasteiger partial charge in [-0.25, -0.2) is 8.78 Å². The summed E-state index contributed by atoms with van der Waals surface area (Å²) in [6.45, 7) is 3.10. The molecule has 0 heterocycles. The number of hydrogen-bond acceptors (Lipinski definition) is 5. The fraction of sp³-hybridized carbons (Fsp3) is 0.810. The van der Waals surface area contributed by atoms with E-state index in [9.17, 15) is 24.9 Å². The van der Waals surface area contributed by atoms with Crippen LogP contribution < -0.4 is 0 Å². The van der Waals surface area contributed by atoms with E-state index in [1.165, 1.54) is 6.08 Å². The van der Waals surface area contributed by atoms with E-state index in [0.717, 1.165) is 0 Å². The van der Waals surface area contributed by atoms with Crippen molar-refractivity contribution < 1.29 is 33.7 Å². The zero-order valence-electron chi connectivity index (χ0n) is 16.5. The summed E-state index contributed by atoms with van der Waals surface area (Å²) >= 11 is 5.67. The molecule has 0 aliphatic heterocycles. The molecule has 9 atom stereocenters. The summed E-state index contributed by atoms with van der Waals surface area (Å²) < 4.78 is 32.1. The van der Waals surface area contributed by atoms with E-state index in [1.807, 2.05) is 0 Å². The lowest BCUT2D eigenvalue weighted by molar-refractivity contribution is -0.234. The Labute approximate surface area is 173 Å². The van der Waals surface area contributed by atoms with Crippen LogP contribution in [-0.4, -0.2) is 62.4 Å². The molecule has 0 radical (unpaired) electrons.